The maximum absolute atomic E-state index is 9.96. The van der Waals surface area contributed by atoms with Gasteiger partial charge in [0, 0.05) is 10.6 Å². The Hall–Kier alpha value is -0.470. The zero-order chi connectivity index (χ0) is 10.1. The summed E-state index contributed by atoms with van der Waals surface area (Å²) in [6.45, 7) is 0. The molecule has 0 aliphatic carbocycles. The molecule has 0 spiro atoms. The van der Waals surface area contributed by atoms with Crippen molar-refractivity contribution in [2.45, 2.75) is 6.10 Å². The molecule has 4 nitrogen and oxygen atoms in total. The lowest BCUT2D eigenvalue weighted by Gasteiger charge is -2.04. The fraction of sp³-hybridized carbons (Fsp3) is 0.250. The predicted molar refractivity (Wildman–Crippen MR) is 62.1 cm³/mol. The van der Waals surface area contributed by atoms with E-state index in [1.165, 1.54) is 11.3 Å². The van der Waals surface area contributed by atoms with Crippen LogP contribution in [0, 0.1) is 3.57 Å². The van der Waals surface area contributed by atoms with Crippen molar-refractivity contribution >= 4 is 33.9 Å². The fourth-order valence-electron chi connectivity index (χ4n) is 1.13. The molecule has 74 valence electrons. The minimum Gasteiger partial charge on any atom is -0.381 e. The number of nitrogens with zero attached hydrogens (tertiary/aromatic N) is 3. The van der Waals surface area contributed by atoms with E-state index >= 15 is 0 Å². The van der Waals surface area contributed by atoms with Gasteiger partial charge in [0.05, 0.1) is 11.1 Å². The third kappa shape index (κ3) is 1.82. The van der Waals surface area contributed by atoms with Gasteiger partial charge >= 0.3 is 0 Å². The standard InChI is InChI=1S/C8H8IN3OS/c1-12-4-6(10-11-12)7(13)8-5(9)2-3-14-8/h2-4,7,13H,1H3. The molecule has 0 radical (unpaired) electrons. The molecule has 0 amide bonds. The molecule has 0 aromatic carbocycles. The van der Waals surface area contributed by atoms with E-state index in [1.807, 2.05) is 11.4 Å². The molecule has 2 rings (SSSR count). The largest absolute Gasteiger partial charge is 0.381 e. The lowest BCUT2D eigenvalue weighted by molar-refractivity contribution is 0.218. The molecular weight excluding hydrogens is 313 g/mol. The molecule has 0 bridgehead atoms. The SMILES string of the molecule is Cn1cc(C(O)c2sccc2I)nn1. The molecule has 2 aromatic heterocycles. The predicted octanol–water partition coefficient (Wildman–Crippen LogP) is 1.56. The highest BCUT2D eigenvalue weighted by Crippen LogP contribution is 2.29. The second-order valence-electron chi connectivity index (χ2n) is 2.85. The monoisotopic (exact) mass is 321 g/mol. The average molecular weight is 321 g/mol. The van der Waals surface area contributed by atoms with E-state index in [4.69, 9.17) is 0 Å². The number of aliphatic hydroxyl groups excluding tert-OH is 1. The van der Waals surface area contributed by atoms with Crippen LogP contribution in [0.3, 0.4) is 0 Å². The van der Waals surface area contributed by atoms with E-state index in [9.17, 15) is 5.11 Å². The van der Waals surface area contributed by atoms with Gasteiger partial charge in [0.1, 0.15) is 11.8 Å². The van der Waals surface area contributed by atoms with Crippen LogP contribution in [0.25, 0.3) is 0 Å². The van der Waals surface area contributed by atoms with Crippen LogP contribution in [0.15, 0.2) is 17.6 Å². The van der Waals surface area contributed by atoms with E-state index in [1.54, 1.807) is 17.9 Å². The third-order valence-electron chi connectivity index (χ3n) is 1.79. The summed E-state index contributed by atoms with van der Waals surface area (Å²) in [7, 11) is 1.78. The molecule has 14 heavy (non-hydrogen) atoms. The van der Waals surface area contributed by atoms with Gasteiger partial charge in [-0.2, -0.15) is 0 Å². The Morgan fingerprint density at radius 1 is 1.64 bits per heavy atom. The highest BCUT2D eigenvalue weighted by atomic mass is 127. The van der Waals surface area contributed by atoms with Gasteiger partial charge < -0.3 is 5.11 Å². The van der Waals surface area contributed by atoms with Crippen molar-refractivity contribution in [3.8, 4) is 0 Å². The Labute approximate surface area is 98.7 Å². The van der Waals surface area contributed by atoms with E-state index < -0.39 is 6.10 Å². The minimum absolute atomic E-state index is 0.591. The molecular formula is C8H8IN3OS. The summed E-state index contributed by atoms with van der Waals surface area (Å²) < 4.78 is 2.64. The number of thiophene rings is 1. The van der Waals surface area contributed by atoms with Crippen molar-refractivity contribution in [2.24, 2.45) is 7.05 Å². The van der Waals surface area contributed by atoms with E-state index in [2.05, 4.69) is 32.9 Å². The number of rotatable bonds is 2. The van der Waals surface area contributed by atoms with Gasteiger partial charge in [0.15, 0.2) is 0 Å². The smallest absolute Gasteiger partial charge is 0.135 e. The number of hydrogen-bond donors (Lipinski definition) is 1. The maximum atomic E-state index is 9.96. The first-order chi connectivity index (χ1) is 6.68. The molecule has 0 fully saturated rings. The maximum Gasteiger partial charge on any atom is 0.135 e. The van der Waals surface area contributed by atoms with Gasteiger partial charge in [-0.15, -0.1) is 16.4 Å². The van der Waals surface area contributed by atoms with Crippen molar-refractivity contribution in [3.63, 3.8) is 0 Å². The zero-order valence-corrected chi connectivity index (χ0v) is 10.4. The number of hydrogen-bond acceptors (Lipinski definition) is 4. The molecule has 1 N–H and O–H groups in total. The molecule has 2 heterocycles. The van der Waals surface area contributed by atoms with E-state index in [0.29, 0.717) is 5.69 Å². The molecule has 6 heteroatoms. The quantitative estimate of drug-likeness (QED) is 0.854. The highest BCUT2D eigenvalue weighted by Gasteiger charge is 2.17. The molecule has 2 aromatic rings. The van der Waals surface area contributed by atoms with Gasteiger partial charge in [0.2, 0.25) is 0 Å². The molecule has 0 aliphatic heterocycles. The lowest BCUT2D eigenvalue weighted by atomic mass is 10.2. The van der Waals surface area contributed by atoms with Gasteiger partial charge in [-0.1, -0.05) is 5.21 Å². The molecule has 1 atom stereocenters. The summed E-state index contributed by atoms with van der Waals surface area (Å²) in [5.74, 6) is 0. The van der Waals surface area contributed by atoms with Crippen LogP contribution in [0.2, 0.25) is 0 Å². The Bertz CT molecular complexity index is 439. The van der Waals surface area contributed by atoms with Crippen LogP contribution in [-0.2, 0) is 7.05 Å². The first kappa shape index (κ1) is 10.1. The lowest BCUT2D eigenvalue weighted by Crippen LogP contribution is -1.99. The molecule has 1 unspecified atom stereocenters. The third-order valence-corrected chi connectivity index (χ3v) is 4.07. The van der Waals surface area contributed by atoms with Gasteiger partial charge in [-0.05, 0) is 34.0 Å². The van der Waals surface area contributed by atoms with Gasteiger partial charge in [-0.3, -0.25) is 4.68 Å². The van der Waals surface area contributed by atoms with Crippen molar-refractivity contribution in [1.82, 2.24) is 15.0 Å². The van der Waals surface area contributed by atoms with Crippen LogP contribution < -0.4 is 0 Å². The van der Waals surface area contributed by atoms with E-state index in [0.717, 1.165) is 8.45 Å². The van der Waals surface area contributed by atoms with Gasteiger partial charge in [-0.25, -0.2) is 0 Å². The summed E-state index contributed by atoms with van der Waals surface area (Å²) >= 11 is 3.73. The summed E-state index contributed by atoms with van der Waals surface area (Å²) in [4.78, 5) is 0.922. The average Bonchev–Trinajstić information content (AvgIpc) is 2.73. The van der Waals surface area contributed by atoms with Crippen molar-refractivity contribution in [1.29, 1.82) is 0 Å². The van der Waals surface area contributed by atoms with Crippen LogP contribution in [0.1, 0.15) is 16.7 Å². The van der Waals surface area contributed by atoms with Crippen LogP contribution in [-0.4, -0.2) is 20.1 Å². The molecule has 0 saturated heterocycles. The number of aliphatic hydroxyl groups is 1. The second-order valence-corrected chi connectivity index (χ2v) is 4.96. The Kier molecular flexibility index (Phi) is 2.84. The van der Waals surface area contributed by atoms with Crippen molar-refractivity contribution in [3.05, 3.63) is 31.8 Å². The van der Waals surface area contributed by atoms with E-state index in [-0.39, 0.29) is 0 Å². The topological polar surface area (TPSA) is 50.9 Å². The zero-order valence-electron chi connectivity index (χ0n) is 7.38. The summed E-state index contributed by atoms with van der Waals surface area (Å²) in [5.41, 5.74) is 0.591. The first-order valence-electron chi connectivity index (χ1n) is 3.95. The first-order valence-corrected chi connectivity index (χ1v) is 5.91. The Balaban J connectivity index is 2.33. The number of aromatic nitrogens is 3. The number of aryl methyl sites for hydroxylation is 1. The summed E-state index contributed by atoms with van der Waals surface area (Å²) in [5, 5.41) is 19.6. The number of halogens is 1. The highest BCUT2D eigenvalue weighted by molar-refractivity contribution is 14.1. The fourth-order valence-corrected chi connectivity index (χ4v) is 3.01. The van der Waals surface area contributed by atoms with Crippen LogP contribution in [0.5, 0.6) is 0 Å². The molecule has 0 aliphatic rings. The second kappa shape index (κ2) is 3.95. The Morgan fingerprint density at radius 3 is 2.93 bits per heavy atom. The van der Waals surface area contributed by atoms with Crippen LogP contribution in [0.4, 0.5) is 0 Å². The van der Waals surface area contributed by atoms with Crippen molar-refractivity contribution < 1.29 is 5.11 Å². The minimum atomic E-state index is -0.657. The van der Waals surface area contributed by atoms with Crippen LogP contribution >= 0.6 is 33.9 Å². The normalized spacial score (nSPS) is 13.1. The van der Waals surface area contributed by atoms with Crippen molar-refractivity contribution in [2.75, 3.05) is 0 Å². The summed E-state index contributed by atoms with van der Waals surface area (Å²) in [6.07, 6.45) is 1.07. The summed E-state index contributed by atoms with van der Waals surface area (Å²) in [6, 6.07) is 1.97. The van der Waals surface area contributed by atoms with Gasteiger partial charge in [0.25, 0.3) is 0 Å². The molecule has 0 saturated carbocycles. The Morgan fingerprint density at radius 2 is 2.43 bits per heavy atom.